The average Bonchev–Trinajstić information content (AvgIpc) is 2.30. The van der Waals surface area contributed by atoms with Crippen LogP contribution in [0.1, 0.15) is 79.6 Å². The summed E-state index contributed by atoms with van der Waals surface area (Å²) >= 11 is 0. The highest BCUT2D eigenvalue weighted by Crippen LogP contribution is 2.34. The fraction of sp³-hybridized carbons (Fsp3) is 1.00. The third-order valence-electron chi connectivity index (χ3n) is 5.08. The molecule has 1 rings (SSSR count). The summed E-state index contributed by atoms with van der Waals surface area (Å²) in [5, 5.41) is 0. The highest BCUT2D eigenvalue weighted by atomic mass is 15.4. The van der Waals surface area contributed by atoms with E-state index >= 15 is 0 Å². The summed E-state index contributed by atoms with van der Waals surface area (Å²) in [4.78, 5) is 0. The molecular weight excluding hydrogens is 206 g/mol. The zero-order valence-corrected chi connectivity index (χ0v) is 12.8. The van der Waals surface area contributed by atoms with Crippen molar-refractivity contribution in [2.45, 2.75) is 97.7 Å². The summed E-state index contributed by atoms with van der Waals surface area (Å²) in [5.74, 6) is 0. The van der Waals surface area contributed by atoms with Gasteiger partial charge in [-0.15, -0.1) is 0 Å². The lowest BCUT2D eigenvalue weighted by atomic mass is 9.89. The Kier molecular flexibility index (Phi) is 5.99. The molecule has 0 spiro atoms. The van der Waals surface area contributed by atoms with Crippen LogP contribution in [-0.4, -0.2) is 29.2 Å². The number of hydrogen-bond acceptors (Lipinski definition) is 0. The van der Waals surface area contributed by atoms with Crippen molar-refractivity contribution >= 4 is 0 Å². The molecule has 0 heterocycles. The number of unbranched alkanes of at least 4 members (excludes halogenated alkanes) is 1. The lowest BCUT2D eigenvalue weighted by Gasteiger charge is -2.52. The van der Waals surface area contributed by atoms with Crippen LogP contribution in [0.25, 0.3) is 0 Å². The largest absolute Gasteiger partial charge is 0.317 e. The maximum absolute atomic E-state index is 2.45. The molecule has 0 aromatic carbocycles. The van der Waals surface area contributed by atoms with Gasteiger partial charge in [-0.3, -0.25) is 0 Å². The maximum atomic E-state index is 2.45. The van der Waals surface area contributed by atoms with E-state index in [9.17, 15) is 0 Å². The minimum Gasteiger partial charge on any atom is -0.317 e. The van der Waals surface area contributed by atoms with Crippen LogP contribution in [0, 0.1) is 0 Å². The topological polar surface area (TPSA) is 0 Å². The Balaban J connectivity index is 2.87. The van der Waals surface area contributed by atoms with Crippen LogP contribution in [-0.2, 0) is 0 Å². The van der Waals surface area contributed by atoms with E-state index < -0.39 is 0 Å². The fourth-order valence-corrected chi connectivity index (χ4v) is 4.13. The molecule has 102 valence electrons. The Morgan fingerprint density at radius 1 is 0.941 bits per heavy atom. The lowest BCUT2D eigenvalue weighted by molar-refractivity contribution is -0.989. The molecule has 1 fully saturated rings. The maximum Gasteiger partial charge on any atom is 0.0894 e. The van der Waals surface area contributed by atoms with Crippen LogP contribution in [0.4, 0.5) is 0 Å². The van der Waals surface area contributed by atoms with Gasteiger partial charge in [0.15, 0.2) is 0 Å². The van der Waals surface area contributed by atoms with Crippen LogP contribution in [0.5, 0.6) is 0 Å². The zero-order chi connectivity index (χ0) is 12.9. The van der Waals surface area contributed by atoms with Crippen LogP contribution in [0.2, 0.25) is 0 Å². The standard InChI is InChI=1S/C16H34N/c1-6-7-13-17(14(2)3,15(4)5)16-11-9-8-10-12-16/h14-16H,6-13H2,1-5H3/q+1. The van der Waals surface area contributed by atoms with E-state index in [0.29, 0.717) is 0 Å². The Labute approximate surface area is 109 Å². The Bertz CT molecular complexity index is 194. The Hall–Kier alpha value is -0.0400. The summed E-state index contributed by atoms with van der Waals surface area (Å²) in [6.45, 7) is 13.5. The molecule has 1 heteroatoms. The molecule has 0 saturated heterocycles. The van der Waals surface area contributed by atoms with E-state index in [1.54, 1.807) is 0 Å². The lowest BCUT2D eigenvalue weighted by Crippen LogP contribution is -2.64. The van der Waals surface area contributed by atoms with Crippen molar-refractivity contribution in [2.24, 2.45) is 0 Å². The summed E-state index contributed by atoms with van der Waals surface area (Å²) in [6.07, 6.45) is 10.1. The summed E-state index contributed by atoms with van der Waals surface area (Å²) in [7, 11) is 0. The van der Waals surface area contributed by atoms with Crippen molar-refractivity contribution in [1.29, 1.82) is 0 Å². The molecule has 0 aliphatic heterocycles. The number of quaternary nitrogens is 1. The van der Waals surface area contributed by atoms with Gasteiger partial charge in [-0.05, 0) is 59.8 Å². The predicted octanol–water partition coefficient (Wildman–Crippen LogP) is 4.75. The van der Waals surface area contributed by atoms with Gasteiger partial charge < -0.3 is 4.48 Å². The van der Waals surface area contributed by atoms with Gasteiger partial charge in [0.1, 0.15) is 0 Å². The molecule has 0 amide bonds. The normalized spacial score (nSPS) is 19.2. The van der Waals surface area contributed by atoms with E-state index in [4.69, 9.17) is 0 Å². The Morgan fingerprint density at radius 3 is 1.88 bits per heavy atom. The van der Waals surface area contributed by atoms with E-state index in [0.717, 1.165) is 18.1 Å². The fourth-order valence-electron chi connectivity index (χ4n) is 4.13. The zero-order valence-electron chi connectivity index (χ0n) is 12.8. The monoisotopic (exact) mass is 240 g/mol. The number of hydrogen-bond donors (Lipinski definition) is 0. The summed E-state index contributed by atoms with van der Waals surface area (Å²) < 4.78 is 1.38. The third kappa shape index (κ3) is 3.24. The first kappa shape index (κ1) is 15.0. The molecule has 0 radical (unpaired) electrons. The van der Waals surface area contributed by atoms with Gasteiger partial charge in [0.2, 0.25) is 0 Å². The van der Waals surface area contributed by atoms with Crippen molar-refractivity contribution < 1.29 is 4.48 Å². The van der Waals surface area contributed by atoms with Gasteiger partial charge in [-0.2, -0.15) is 0 Å². The first-order valence-corrected chi connectivity index (χ1v) is 7.92. The molecule has 0 aromatic rings. The molecule has 17 heavy (non-hydrogen) atoms. The molecule has 1 nitrogen and oxygen atoms in total. The van der Waals surface area contributed by atoms with Gasteiger partial charge in [0, 0.05) is 0 Å². The second-order valence-corrected chi connectivity index (χ2v) is 6.55. The molecule has 0 aromatic heterocycles. The molecule has 1 aliphatic carbocycles. The van der Waals surface area contributed by atoms with Crippen molar-refractivity contribution in [1.82, 2.24) is 0 Å². The van der Waals surface area contributed by atoms with Crippen LogP contribution >= 0.6 is 0 Å². The van der Waals surface area contributed by atoms with Gasteiger partial charge >= 0.3 is 0 Å². The van der Waals surface area contributed by atoms with E-state index in [-0.39, 0.29) is 0 Å². The Morgan fingerprint density at radius 2 is 1.47 bits per heavy atom. The second kappa shape index (κ2) is 6.78. The molecule has 0 atom stereocenters. The highest BCUT2D eigenvalue weighted by Gasteiger charge is 2.41. The van der Waals surface area contributed by atoms with Crippen molar-refractivity contribution in [3.8, 4) is 0 Å². The molecule has 1 saturated carbocycles. The minimum absolute atomic E-state index is 0.782. The van der Waals surface area contributed by atoms with E-state index in [1.165, 1.54) is 56.0 Å². The number of rotatable bonds is 6. The first-order valence-electron chi connectivity index (χ1n) is 7.92. The number of nitrogens with zero attached hydrogens (tertiary/aromatic N) is 1. The first-order chi connectivity index (χ1) is 8.05. The molecule has 1 aliphatic rings. The van der Waals surface area contributed by atoms with Crippen molar-refractivity contribution in [2.75, 3.05) is 6.54 Å². The minimum atomic E-state index is 0.782. The SMILES string of the molecule is CCCC[N+](C(C)C)(C(C)C)C1CCCCC1. The average molecular weight is 240 g/mol. The smallest absolute Gasteiger partial charge is 0.0894 e. The molecule has 0 bridgehead atoms. The van der Waals surface area contributed by atoms with Crippen molar-refractivity contribution in [3.63, 3.8) is 0 Å². The van der Waals surface area contributed by atoms with Gasteiger partial charge in [-0.25, -0.2) is 0 Å². The highest BCUT2D eigenvalue weighted by molar-refractivity contribution is 4.71. The molecule has 0 N–H and O–H groups in total. The third-order valence-corrected chi connectivity index (χ3v) is 5.08. The van der Waals surface area contributed by atoms with Gasteiger partial charge in [0.25, 0.3) is 0 Å². The van der Waals surface area contributed by atoms with E-state index in [2.05, 4.69) is 34.6 Å². The van der Waals surface area contributed by atoms with Gasteiger partial charge in [0.05, 0.1) is 24.7 Å². The van der Waals surface area contributed by atoms with Crippen LogP contribution < -0.4 is 0 Å². The van der Waals surface area contributed by atoms with Crippen LogP contribution in [0.15, 0.2) is 0 Å². The molecule has 0 unspecified atom stereocenters. The quantitative estimate of drug-likeness (QED) is 0.588. The second-order valence-electron chi connectivity index (χ2n) is 6.55. The van der Waals surface area contributed by atoms with Crippen molar-refractivity contribution in [3.05, 3.63) is 0 Å². The summed E-state index contributed by atoms with van der Waals surface area (Å²) in [5.41, 5.74) is 0. The molecular formula is C16H34N+. The van der Waals surface area contributed by atoms with E-state index in [1.807, 2.05) is 0 Å². The van der Waals surface area contributed by atoms with Crippen LogP contribution in [0.3, 0.4) is 0 Å². The van der Waals surface area contributed by atoms with Gasteiger partial charge in [-0.1, -0.05) is 19.8 Å². The predicted molar refractivity (Wildman–Crippen MR) is 77.2 cm³/mol. The summed E-state index contributed by atoms with van der Waals surface area (Å²) in [6, 6.07) is 2.50.